The van der Waals surface area contributed by atoms with E-state index in [4.69, 9.17) is 5.73 Å². The summed E-state index contributed by atoms with van der Waals surface area (Å²) in [6.45, 7) is -0.685. The van der Waals surface area contributed by atoms with E-state index >= 15 is 0 Å². The van der Waals surface area contributed by atoms with Crippen LogP contribution >= 0.6 is 0 Å². The number of sulfone groups is 1. The number of nitrogens with zero attached hydrogens (tertiary/aromatic N) is 5. The number of fused-ring (bicyclic) bond motifs is 1. The number of hydrogen-bond donors (Lipinski definition) is 1. The third-order valence-electron chi connectivity index (χ3n) is 4.13. The normalized spacial score (nSPS) is 12.8. The van der Waals surface area contributed by atoms with Crippen LogP contribution in [0.25, 0.3) is 16.9 Å². The van der Waals surface area contributed by atoms with E-state index in [1.165, 1.54) is 19.2 Å². The Balaban J connectivity index is 2.07. The van der Waals surface area contributed by atoms with Gasteiger partial charge in [-0.05, 0) is 12.1 Å². The molecule has 0 saturated carbocycles. The van der Waals surface area contributed by atoms with E-state index in [0.717, 1.165) is 16.6 Å². The van der Waals surface area contributed by atoms with Gasteiger partial charge in [0.25, 0.3) is 5.91 Å². The number of carbonyl (C=O) groups excluding carboxylic acids is 1. The first kappa shape index (κ1) is 23.2. The molecule has 0 atom stereocenters. The lowest BCUT2D eigenvalue weighted by Gasteiger charge is -2.19. The first-order valence-electron chi connectivity index (χ1n) is 8.60. The molecule has 0 radical (unpaired) electrons. The van der Waals surface area contributed by atoms with E-state index in [-0.39, 0.29) is 28.4 Å². The molecule has 1 amide bonds. The minimum atomic E-state index is -5.81. The van der Waals surface area contributed by atoms with Crippen LogP contribution in [0, 0.1) is 0 Å². The van der Waals surface area contributed by atoms with Gasteiger partial charge in [0, 0.05) is 12.3 Å². The minimum absolute atomic E-state index is 0.125. The summed E-state index contributed by atoms with van der Waals surface area (Å²) in [5.74, 6) is -7.09. The highest BCUT2D eigenvalue weighted by Gasteiger charge is 2.58. The largest absolute Gasteiger partial charge is 0.470 e. The summed E-state index contributed by atoms with van der Waals surface area (Å²) < 4.78 is 93.1. The van der Waals surface area contributed by atoms with Crippen LogP contribution in [0.1, 0.15) is 17.4 Å². The summed E-state index contributed by atoms with van der Waals surface area (Å²) in [7, 11) is -3.98. The lowest BCUT2D eigenvalue weighted by Crippen LogP contribution is -2.41. The minimum Gasteiger partial charge on any atom is -0.470 e. The number of rotatable bonds is 7. The van der Waals surface area contributed by atoms with Crippen molar-refractivity contribution in [3.63, 3.8) is 0 Å². The van der Waals surface area contributed by atoms with Crippen LogP contribution in [0.5, 0.6) is 5.88 Å². The van der Waals surface area contributed by atoms with Crippen LogP contribution in [0.15, 0.2) is 29.4 Å². The van der Waals surface area contributed by atoms with Gasteiger partial charge in [-0.25, -0.2) is 17.9 Å². The van der Waals surface area contributed by atoms with Gasteiger partial charge in [0.2, 0.25) is 5.88 Å². The first-order valence-corrected chi connectivity index (χ1v) is 10.3. The Morgan fingerprint density at radius 3 is 2.38 bits per heavy atom. The van der Waals surface area contributed by atoms with Gasteiger partial charge in [0.05, 0.1) is 11.3 Å². The second-order valence-corrected chi connectivity index (χ2v) is 8.45. The highest BCUT2D eigenvalue weighted by Crippen LogP contribution is 2.36. The predicted molar refractivity (Wildman–Crippen MR) is 96.8 cm³/mol. The second-order valence-electron chi connectivity index (χ2n) is 6.26. The molecular formula is C16H13F5N6O4S. The van der Waals surface area contributed by atoms with Gasteiger partial charge < -0.3 is 10.5 Å². The molecule has 3 aromatic heterocycles. The Kier molecular flexibility index (Phi) is 5.75. The number of nitrogens with two attached hydrogens (primary N) is 1. The molecule has 10 nitrogen and oxygen atoms in total. The van der Waals surface area contributed by atoms with E-state index in [1.807, 2.05) is 0 Å². The summed E-state index contributed by atoms with van der Waals surface area (Å²) in [5, 5.41) is 10.5. The molecule has 0 aliphatic heterocycles. The van der Waals surface area contributed by atoms with Crippen molar-refractivity contribution >= 4 is 21.4 Å². The van der Waals surface area contributed by atoms with E-state index in [2.05, 4.69) is 25.0 Å². The molecule has 0 bridgehead atoms. The number of amides is 1. The van der Waals surface area contributed by atoms with Crippen molar-refractivity contribution < 1.29 is 39.9 Å². The first-order chi connectivity index (χ1) is 14.8. The van der Waals surface area contributed by atoms with Gasteiger partial charge in [0.15, 0.2) is 27.1 Å². The summed E-state index contributed by atoms with van der Waals surface area (Å²) in [5.41, 5.74) is 4.62. The van der Waals surface area contributed by atoms with Crippen molar-refractivity contribution in [1.82, 2.24) is 24.8 Å². The van der Waals surface area contributed by atoms with Crippen molar-refractivity contribution in [2.45, 2.75) is 24.0 Å². The molecule has 0 spiro atoms. The highest BCUT2D eigenvalue weighted by atomic mass is 32.2. The number of alkyl halides is 5. The number of hydrogen-bond acceptors (Lipinski definition) is 8. The number of halogens is 5. The fourth-order valence-corrected chi connectivity index (χ4v) is 3.45. The maximum atomic E-state index is 13.0. The predicted octanol–water partition coefficient (Wildman–Crippen LogP) is 1.66. The average Bonchev–Trinajstić information content (AvgIpc) is 3.12. The van der Waals surface area contributed by atoms with Crippen LogP contribution in [-0.4, -0.2) is 63.6 Å². The molecule has 0 aliphatic rings. The Bertz CT molecular complexity index is 1270. The lowest BCUT2D eigenvalue weighted by molar-refractivity contribution is -0.290. The molecule has 0 unspecified atom stereocenters. The van der Waals surface area contributed by atoms with Crippen LogP contribution < -0.4 is 10.5 Å². The molecule has 0 fully saturated rings. The molecule has 172 valence electrons. The SMILES string of the molecule is CCS(=O)(=O)c1nn2c(C(N)=O)ccnc2c1-c1ccc(OCC(F)(F)C(F)(F)F)nn1. The molecule has 32 heavy (non-hydrogen) atoms. The van der Waals surface area contributed by atoms with Gasteiger partial charge in [-0.2, -0.15) is 27.1 Å². The maximum Gasteiger partial charge on any atom is 0.456 e. The number of aromatic nitrogens is 5. The van der Waals surface area contributed by atoms with E-state index < -0.39 is 45.4 Å². The summed E-state index contributed by atoms with van der Waals surface area (Å²) >= 11 is 0. The summed E-state index contributed by atoms with van der Waals surface area (Å²) in [6, 6.07) is 3.19. The average molecular weight is 480 g/mol. The Morgan fingerprint density at radius 2 is 1.84 bits per heavy atom. The molecule has 16 heteroatoms. The Labute approximate surface area is 176 Å². The highest BCUT2D eigenvalue weighted by molar-refractivity contribution is 7.91. The smallest absolute Gasteiger partial charge is 0.456 e. The third-order valence-corrected chi connectivity index (χ3v) is 5.76. The zero-order valence-electron chi connectivity index (χ0n) is 16.0. The van der Waals surface area contributed by atoms with Gasteiger partial charge >= 0.3 is 12.1 Å². The van der Waals surface area contributed by atoms with Gasteiger partial charge in [-0.15, -0.1) is 10.2 Å². The van der Waals surface area contributed by atoms with E-state index in [0.29, 0.717) is 0 Å². The van der Waals surface area contributed by atoms with E-state index in [1.54, 1.807) is 0 Å². The summed E-state index contributed by atoms with van der Waals surface area (Å²) in [4.78, 5) is 15.6. The topological polar surface area (TPSA) is 142 Å². The van der Waals surface area contributed by atoms with Crippen LogP contribution in [0.3, 0.4) is 0 Å². The lowest BCUT2D eigenvalue weighted by atomic mass is 10.2. The fourth-order valence-electron chi connectivity index (χ4n) is 2.47. The second kappa shape index (κ2) is 7.92. The Hall–Kier alpha value is -3.43. The van der Waals surface area contributed by atoms with Crippen LogP contribution in [0.2, 0.25) is 0 Å². The van der Waals surface area contributed by atoms with Gasteiger partial charge in [-0.1, -0.05) is 6.92 Å². The number of ether oxygens (including phenoxy) is 1. The monoisotopic (exact) mass is 480 g/mol. The van der Waals surface area contributed by atoms with Crippen LogP contribution in [-0.2, 0) is 9.84 Å². The molecule has 3 aromatic rings. The molecule has 0 aliphatic carbocycles. The van der Waals surface area contributed by atoms with Crippen molar-refractivity contribution in [3.05, 3.63) is 30.1 Å². The summed E-state index contributed by atoms with van der Waals surface area (Å²) in [6.07, 6.45) is -4.64. The number of carbonyl (C=O) groups is 1. The zero-order valence-corrected chi connectivity index (χ0v) is 16.8. The third kappa shape index (κ3) is 4.17. The molecule has 0 saturated heterocycles. The van der Waals surface area contributed by atoms with Crippen molar-refractivity contribution in [3.8, 4) is 17.1 Å². The Morgan fingerprint density at radius 1 is 1.16 bits per heavy atom. The van der Waals surface area contributed by atoms with Crippen molar-refractivity contribution in [2.75, 3.05) is 12.4 Å². The molecule has 0 aromatic carbocycles. The van der Waals surface area contributed by atoms with E-state index in [9.17, 15) is 35.2 Å². The van der Waals surface area contributed by atoms with Gasteiger partial charge in [-0.3, -0.25) is 4.79 Å². The van der Waals surface area contributed by atoms with Gasteiger partial charge in [0.1, 0.15) is 11.4 Å². The molecule has 2 N–H and O–H groups in total. The number of primary amides is 1. The van der Waals surface area contributed by atoms with Crippen LogP contribution in [0.4, 0.5) is 22.0 Å². The van der Waals surface area contributed by atoms with Crippen molar-refractivity contribution in [2.24, 2.45) is 5.73 Å². The standard InChI is InChI=1S/C16H13F5N6O4S/c1-2-32(29,30)14-11(13-23-6-5-9(12(22)28)27(13)26-14)8-3-4-10(25-24-8)31-7-15(17,18)16(19,20)21/h3-6H,2,7H2,1H3,(H2,22,28). The molecular weight excluding hydrogens is 467 g/mol. The zero-order chi connectivity index (χ0) is 23.9. The maximum absolute atomic E-state index is 13.0. The quantitative estimate of drug-likeness (QED) is 0.503. The fraction of sp³-hybridized carbons (Fsp3) is 0.312. The van der Waals surface area contributed by atoms with Crippen molar-refractivity contribution in [1.29, 1.82) is 0 Å². The molecule has 3 rings (SSSR count). The molecule has 3 heterocycles.